The number of hydrogen-bond acceptors (Lipinski definition) is 10. The highest BCUT2D eigenvalue weighted by Gasteiger charge is 2.55. The molecule has 0 aliphatic carbocycles. The highest BCUT2D eigenvalue weighted by molar-refractivity contribution is 7.32. The minimum absolute atomic E-state index is 0.0450. The summed E-state index contributed by atoms with van der Waals surface area (Å²) < 4.78 is 51.4. The van der Waals surface area contributed by atoms with Crippen molar-refractivity contribution in [3.8, 4) is 11.5 Å². The zero-order valence-electron chi connectivity index (χ0n) is 33.6. The lowest BCUT2D eigenvalue weighted by Crippen LogP contribution is -2.52. The second-order valence-electron chi connectivity index (χ2n) is 15.4. The van der Waals surface area contributed by atoms with Crippen LogP contribution in [0, 0.1) is 0 Å². The lowest BCUT2D eigenvalue weighted by molar-refractivity contribution is -0.108. The Morgan fingerprint density at radius 3 is 1.86 bits per heavy atom. The molecule has 1 saturated heterocycles. The van der Waals surface area contributed by atoms with E-state index < -0.39 is 58.3 Å². The van der Waals surface area contributed by atoms with Gasteiger partial charge in [-0.1, -0.05) is 93.6 Å². The average Bonchev–Trinajstić information content (AvgIpc) is 3.54. The number of anilines is 1. The van der Waals surface area contributed by atoms with Crippen LogP contribution in [0.2, 0.25) is 18.1 Å². The topological polar surface area (TPSA) is 157 Å². The van der Waals surface area contributed by atoms with Gasteiger partial charge in [-0.05, 0) is 77.3 Å². The summed E-state index contributed by atoms with van der Waals surface area (Å²) in [5, 5.41) is 2.39. The van der Waals surface area contributed by atoms with Crippen molar-refractivity contribution in [2.24, 2.45) is 0 Å². The molecule has 0 saturated carbocycles. The van der Waals surface area contributed by atoms with Crippen molar-refractivity contribution in [3.63, 3.8) is 0 Å². The number of amides is 1. The number of methoxy groups -OCH3 is 2. The molecule has 5 aromatic rings. The number of carbonyl (C=O) groups excluding carboxylic acids is 1. The number of carbonyl (C=O) groups is 1. The molecule has 1 aliphatic heterocycles. The van der Waals surface area contributed by atoms with Gasteiger partial charge in [-0.3, -0.25) is 13.9 Å². The summed E-state index contributed by atoms with van der Waals surface area (Å²) in [4.78, 5) is 41.1. The monoisotopic (exact) mass is 827 g/mol. The van der Waals surface area contributed by atoms with E-state index in [0.717, 1.165) is 16.7 Å². The summed E-state index contributed by atoms with van der Waals surface area (Å²) in [6.07, 6.45) is -2.72. The maximum absolute atomic E-state index is 14.0. The van der Waals surface area contributed by atoms with E-state index in [1.54, 1.807) is 44.6 Å². The van der Waals surface area contributed by atoms with Crippen LogP contribution in [0.4, 0.5) is 5.82 Å². The summed E-state index contributed by atoms with van der Waals surface area (Å²) in [7, 11) is -2.96. The van der Waals surface area contributed by atoms with E-state index in [2.05, 4.69) is 44.2 Å². The van der Waals surface area contributed by atoms with Gasteiger partial charge in [0.05, 0.1) is 20.8 Å². The Morgan fingerprint density at radius 1 is 0.828 bits per heavy atom. The third-order valence-electron chi connectivity index (χ3n) is 10.8. The van der Waals surface area contributed by atoms with E-state index in [4.69, 9.17) is 27.9 Å². The van der Waals surface area contributed by atoms with Crippen LogP contribution in [0.15, 0.2) is 126 Å². The molecule has 0 spiro atoms. The average molecular weight is 828 g/mol. The van der Waals surface area contributed by atoms with E-state index >= 15 is 0 Å². The quantitative estimate of drug-likeness (QED) is 0.0610. The van der Waals surface area contributed by atoms with Gasteiger partial charge in [-0.25, -0.2) is 4.79 Å². The Kier molecular flexibility index (Phi) is 13.2. The fraction of sp³-hybridized carbons (Fsp3) is 0.326. The van der Waals surface area contributed by atoms with Crippen LogP contribution >= 0.6 is 8.25 Å². The molecule has 13 nitrogen and oxygen atoms in total. The first-order valence-electron chi connectivity index (χ1n) is 18.8. The van der Waals surface area contributed by atoms with Crippen LogP contribution < -0.4 is 20.5 Å². The van der Waals surface area contributed by atoms with Crippen LogP contribution in [-0.2, 0) is 28.6 Å². The molecule has 2 N–H and O–H groups in total. The molecule has 5 atom stereocenters. The fourth-order valence-electron chi connectivity index (χ4n) is 6.69. The van der Waals surface area contributed by atoms with Crippen molar-refractivity contribution in [1.82, 2.24) is 9.55 Å². The third kappa shape index (κ3) is 9.19. The van der Waals surface area contributed by atoms with Gasteiger partial charge < -0.3 is 38.1 Å². The molecule has 0 radical (unpaired) electrons. The Morgan fingerprint density at radius 2 is 1.36 bits per heavy atom. The molecule has 1 aliphatic rings. The van der Waals surface area contributed by atoms with Gasteiger partial charge in [0, 0.05) is 11.8 Å². The molecular weight excluding hydrogens is 778 g/mol. The van der Waals surface area contributed by atoms with Gasteiger partial charge in [0.1, 0.15) is 41.2 Å². The highest BCUT2D eigenvalue weighted by atomic mass is 31.1. The minimum Gasteiger partial charge on any atom is -0.497 e. The maximum Gasteiger partial charge on any atom is 0.351 e. The van der Waals surface area contributed by atoms with E-state index in [1.165, 1.54) is 16.8 Å². The van der Waals surface area contributed by atoms with Gasteiger partial charge in [-0.15, -0.1) is 0 Å². The van der Waals surface area contributed by atoms with Crippen molar-refractivity contribution in [3.05, 3.63) is 154 Å². The van der Waals surface area contributed by atoms with Crippen molar-refractivity contribution in [1.29, 1.82) is 0 Å². The molecule has 1 aromatic heterocycles. The highest BCUT2D eigenvalue weighted by Crippen LogP contribution is 2.48. The molecule has 2 heterocycles. The normalized spacial score (nSPS) is 19.0. The third-order valence-corrected chi connectivity index (χ3v) is 15.6. The fourth-order valence-corrected chi connectivity index (χ4v) is 8.28. The molecule has 306 valence electrons. The predicted octanol–water partition coefficient (Wildman–Crippen LogP) is 7.58. The first kappa shape index (κ1) is 42.7. The number of hydrogen-bond donors (Lipinski definition) is 2. The molecule has 15 heteroatoms. The molecule has 0 bridgehead atoms. The van der Waals surface area contributed by atoms with E-state index in [1.807, 2.05) is 78.9 Å². The van der Waals surface area contributed by atoms with E-state index in [9.17, 15) is 19.0 Å². The van der Waals surface area contributed by atoms with Crippen LogP contribution in [0.3, 0.4) is 0 Å². The van der Waals surface area contributed by atoms with Crippen molar-refractivity contribution < 1.29 is 42.2 Å². The zero-order chi connectivity index (χ0) is 41.7. The number of nitrogens with zero attached hydrogens (tertiary/aromatic N) is 2. The van der Waals surface area contributed by atoms with Crippen molar-refractivity contribution in [2.75, 3.05) is 26.1 Å². The van der Waals surface area contributed by atoms with Crippen molar-refractivity contribution in [2.45, 2.75) is 69.0 Å². The maximum atomic E-state index is 14.0. The Balaban J connectivity index is 1.53. The second-order valence-corrected chi connectivity index (χ2v) is 21.0. The van der Waals surface area contributed by atoms with Gasteiger partial charge in [-0.2, -0.15) is 4.98 Å². The molecule has 6 rings (SSSR count). The van der Waals surface area contributed by atoms with Gasteiger partial charge in [0.15, 0.2) is 14.5 Å². The number of aromatic nitrogens is 2. The number of benzene rings is 4. The minimum atomic E-state index is -3.43. The van der Waals surface area contributed by atoms with Crippen LogP contribution in [0.1, 0.15) is 54.0 Å². The SMILES string of the molecule is COc1ccc(C(OC2C(O[Si](C)(C)C(C)(C)C)[C@H](n3ccc(NC(=O)c4ccccc4)nc3=O)O[C@@H]2CO[PH](=O)O)(c2ccccc2)c2ccc(OC)cc2)cc1. The lowest BCUT2D eigenvalue weighted by Gasteiger charge is -2.44. The largest absolute Gasteiger partial charge is 0.497 e. The summed E-state index contributed by atoms with van der Waals surface area (Å²) in [6, 6.07) is 34.8. The number of nitrogens with one attached hydrogen (secondary N) is 1. The Hall–Kier alpha value is -4.92. The second kappa shape index (κ2) is 17.9. The standard InChI is InChI=1S/C43H50N3O10PSi/c1-42(2,3)58(6,7)56-38-37(35(28-53-57(49)50)54-40(38)46-27-26-36(45-41(46)48)44-39(47)29-14-10-8-11-15-29)55-43(30-16-12-9-13-17-30,31-18-22-33(51-4)23-19-31)32-20-24-34(52-5)25-21-32/h8-27,35,37-38,40,57H,28H2,1-7H3,(H,49,50)(H,44,45,47,48)/t35-,37?,38?,40-/m1/s1. The number of ether oxygens (including phenoxy) is 4. The molecule has 1 amide bonds. The van der Waals surface area contributed by atoms with Crippen LogP contribution in [0.25, 0.3) is 0 Å². The first-order chi connectivity index (χ1) is 27.7. The predicted molar refractivity (Wildman–Crippen MR) is 223 cm³/mol. The Labute approximate surface area is 340 Å². The number of rotatable bonds is 15. The van der Waals surface area contributed by atoms with E-state index in [0.29, 0.717) is 17.1 Å². The van der Waals surface area contributed by atoms with Gasteiger partial charge in [0.25, 0.3) is 5.91 Å². The summed E-state index contributed by atoms with van der Waals surface area (Å²) in [5.41, 5.74) is 0.522. The van der Waals surface area contributed by atoms with Crippen LogP contribution in [-0.4, -0.2) is 67.8 Å². The Bertz CT molecular complexity index is 2190. The molecular formula is C43H50N3O10PSi. The zero-order valence-corrected chi connectivity index (χ0v) is 35.6. The molecule has 58 heavy (non-hydrogen) atoms. The molecule has 4 aromatic carbocycles. The van der Waals surface area contributed by atoms with E-state index in [-0.39, 0.29) is 17.5 Å². The first-order valence-corrected chi connectivity index (χ1v) is 23.0. The smallest absolute Gasteiger partial charge is 0.351 e. The lowest BCUT2D eigenvalue weighted by atomic mass is 9.79. The van der Waals surface area contributed by atoms with Crippen LogP contribution in [0.5, 0.6) is 11.5 Å². The van der Waals surface area contributed by atoms with Gasteiger partial charge >= 0.3 is 13.9 Å². The van der Waals surface area contributed by atoms with Gasteiger partial charge in [0.2, 0.25) is 0 Å². The molecule has 3 unspecified atom stereocenters. The summed E-state index contributed by atoms with van der Waals surface area (Å²) in [6.45, 7) is 10.1. The van der Waals surface area contributed by atoms with Crippen molar-refractivity contribution >= 4 is 28.3 Å². The summed E-state index contributed by atoms with van der Waals surface area (Å²) >= 11 is 0. The summed E-state index contributed by atoms with van der Waals surface area (Å²) in [5.74, 6) is 0.890. The molecule has 1 fully saturated rings.